The fraction of sp³-hybridized carbons (Fsp3) is 0.438. The van der Waals surface area contributed by atoms with E-state index in [-0.39, 0.29) is 0 Å². The van der Waals surface area contributed by atoms with Gasteiger partial charge in [0.2, 0.25) is 5.95 Å². The van der Waals surface area contributed by atoms with Gasteiger partial charge < -0.3 is 14.7 Å². The Kier molecular flexibility index (Phi) is 4.71. The average Bonchev–Trinajstić information content (AvgIpc) is 2.54. The van der Waals surface area contributed by atoms with Crippen molar-refractivity contribution in [2.75, 3.05) is 55.0 Å². The maximum atomic E-state index is 14.0. The first-order valence-corrected chi connectivity index (χ1v) is 8.16. The summed E-state index contributed by atoms with van der Waals surface area (Å²) in [5, 5.41) is 0.305. The second-order valence-corrected chi connectivity index (χ2v) is 6.43. The number of hydrogen-bond donors (Lipinski definition) is 0. The quantitative estimate of drug-likeness (QED) is 0.847. The minimum absolute atomic E-state index is 0.305. The maximum absolute atomic E-state index is 14.0. The first kappa shape index (κ1) is 16.7. The zero-order valence-electron chi connectivity index (χ0n) is 14.0. The van der Waals surface area contributed by atoms with Crippen LogP contribution in [0.15, 0.2) is 18.3 Å². The van der Waals surface area contributed by atoms with Crippen molar-refractivity contribution in [3.63, 3.8) is 0 Å². The molecular formula is C16H20ClFN6. The third-order valence-corrected chi connectivity index (χ3v) is 4.14. The van der Waals surface area contributed by atoms with Crippen molar-refractivity contribution in [3.8, 4) is 0 Å². The van der Waals surface area contributed by atoms with Crippen LogP contribution in [0, 0.1) is 12.7 Å². The molecule has 1 aliphatic heterocycles. The molecule has 1 fully saturated rings. The van der Waals surface area contributed by atoms with Crippen LogP contribution < -0.4 is 14.7 Å². The molecule has 3 heterocycles. The van der Waals surface area contributed by atoms with Gasteiger partial charge in [0.25, 0.3) is 0 Å². The van der Waals surface area contributed by atoms with Crippen LogP contribution in [0.2, 0.25) is 5.02 Å². The van der Waals surface area contributed by atoms with E-state index in [9.17, 15) is 4.39 Å². The topological polar surface area (TPSA) is 48.4 Å². The molecule has 0 unspecified atom stereocenters. The lowest BCUT2D eigenvalue weighted by molar-refractivity contribution is 0.584. The van der Waals surface area contributed by atoms with E-state index in [2.05, 4.69) is 19.9 Å². The van der Waals surface area contributed by atoms with Gasteiger partial charge in [-0.15, -0.1) is 0 Å². The van der Waals surface area contributed by atoms with E-state index in [1.54, 1.807) is 0 Å². The lowest BCUT2D eigenvalue weighted by atomic mass is 10.3. The molecule has 2 aromatic heterocycles. The molecule has 0 amide bonds. The minimum Gasteiger partial charge on any atom is -0.363 e. The summed E-state index contributed by atoms with van der Waals surface area (Å²) in [6.07, 6.45) is 1.47. The Morgan fingerprint density at radius 2 is 1.75 bits per heavy atom. The van der Waals surface area contributed by atoms with E-state index in [0.29, 0.717) is 43.0 Å². The molecule has 0 aromatic carbocycles. The van der Waals surface area contributed by atoms with Crippen molar-refractivity contribution in [1.29, 1.82) is 0 Å². The van der Waals surface area contributed by atoms with Crippen LogP contribution >= 0.6 is 11.6 Å². The van der Waals surface area contributed by atoms with Crippen molar-refractivity contribution >= 4 is 29.2 Å². The highest BCUT2D eigenvalue weighted by Gasteiger charge is 2.22. The van der Waals surface area contributed by atoms with E-state index in [4.69, 9.17) is 11.6 Å². The van der Waals surface area contributed by atoms with E-state index < -0.39 is 5.82 Å². The highest BCUT2D eigenvalue weighted by Crippen LogP contribution is 2.22. The lowest BCUT2D eigenvalue weighted by Crippen LogP contribution is -2.47. The second kappa shape index (κ2) is 6.76. The number of anilines is 3. The van der Waals surface area contributed by atoms with Crippen molar-refractivity contribution in [1.82, 2.24) is 15.0 Å². The smallest absolute Gasteiger partial charge is 0.227 e. The normalized spacial score (nSPS) is 14.9. The third kappa shape index (κ3) is 3.51. The van der Waals surface area contributed by atoms with Gasteiger partial charge >= 0.3 is 0 Å². The van der Waals surface area contributed by atoms with Crippen molar-refractivity contribution in [3.05, 3.63) is 34.9 Å². The molecule has 128 valence electrons. The summed E-state index contributed by atoms with van der Waals surface area (Å²) in [4.78, 5) is 19.2. The highest BCUT2D eigenvalue weighted by molar-refractivity contribution is 6.30. The van der Waals surface area contributed by atoms with Gasteiger partial charge in [-0.25, -0.2) is 14.4 Å². The van der Waals surface area contributed by atoms with Crippen LogP contribution in [0.4, 0.5) is 22.0 Å². The van der Waals surface area contributed by atoms with Crippen LogP contribution in [0.1, 0.15) is 5.69 Å². The summed E-state index contributed by atoms with van der Waals surface area (Å²) in [6, 6.07) is 3.25. The van der Waals surface area contributed by atoms with Gasteiger partial charge in [-0.2, -0.15) is 4.98 Å². The Bertz CT molecular complexity index is 731. The van der Waals surface area contributed by atoms with Crippen LogP contribution in [0.25, 0.3) is 0 Å². The summed E-state index contributed by atoms with van der Waals surface area (Å²) < 4.78 is 14.0. The summed E-state index contributed by atoms with van der Waals surface area (Å²) in [5.41, 5.74) is 0.927. The molecule has 0 bridgehead atoms. The molecule has 1 aliphatic rings. The van der Waals surface area contributed by atoms with E-state index in [1.165, 1.54) is 12.3 Å². The second-order valence-electron chi connectivity index (χ2n) is 6.00. The van der Waals surface area contributed by atoms with Gasteiger partial charge in [0.05, 0.1) is 5.02 Å². The van der Waals surface area contributed by atoms with Crippen molar-refractivity contribution in [2.45, 2.75) is 6.92 Å². The Labute approximate surface area is 145 Å². The van der Waals surface area contributed by atoms with Gasteiger partial charge in [-0.05, 0) is 13.0 Å². The average molecular weight is 351 g/mol. The van der Waals surface area contributed by atoms with E-state index in [0.717, 1.165) is 11.5 Å². The molecule has 3 rings (SSSR count). The van der Waals surface area contributed by atoms with Crippen LogP contribution in [0.3, 0.4) is 0 Å². The number of nitrogens with zero attached hydrogens (tertiary/aromatic N) is 6. The van der Waals surface area contributed by atoms with Gasteiger partial charge in [-0.1, -0.05) is 11.6 Å². The molecule has 0 atom stereocenters. The number of hydrogen-bond acceptors (Lipinski definition) is 6. The fourth-order valence-corrected chi connectivity index (χ4v) is 2.81. The predicted molar refractivity (Wildman–Crippen MR) is 94.7 cm³/mol. The number of rotatable bonds is 3. The van der Waals surface area contributed by atoms with Gasteiger partial charge in [0.1, 0.15) is 5.82 Å². The number of halogens is 2. The predicted octanol–water partition coefficient (Wildman–Crippen LogP) is 2.37. The zero-order valence-corrected chi connectivity index (χ0v) is 14.8. The molecule has 0 aliphatic carbocycles. The Balaban J connectivity index is 1.73. The molecule has 0 spiro atoms. The summed E-state index contributed by atoms with van der Waals surface area (Å²) >= 11 is 5.76. The largest absolute Gasteiger partial charge is 0.363 e. The Morgan fingerprint density at radius 1 is 1.08 bits per heavy atom. The first-order chi connectivity index (χ1) is 11.4. The highest BCUT2D eigenvalue weighted by atomic mass is 35.5. The fourth-order valence-electron chi connectivity index (χ4n) is 2.67. The minimum atomic E-state index is -0.391. The molecule has 0 saturated carbocycles. The molecule has 2 aromatic rings. The van der Waals surface area contributed by atoms with Crippen molar-refractivity contribution in [2.24, 2.45) is 0 Å². The van der Waals surface area contributed by atoms with Gasteiger partial charge in [0.15, 0.2) is 11.6 Å². The van der Waals surface area contributed by atoms with Crippen molar-refractivity contribution < 1.29 is 4.39 Å². The van der Waals surface area contributed by atoms with Gasteiger partial charge in [0, 0.05) is 58.2 Å². The number of aryl methyl sites for hydroxylation is 1. The van der Waals surface area contributed by atoms with Crippen LogP contribution in [0.5, 0.6) is 0 Å². The monoisotopic (exact) mass is 350 g/mol. The first-order valence-electron chi connectivity index (χ1n) is 7.78. The van der Waals surface area contributed by atoms with Crippen LogP contribution in [-0.2, 0) is 0 Å². The van der Waals surface area contributed by atoms with E-state index in [1.807, 2.05) is 36.9 Å². The van der Waals surface area contributed by atoms with Gasteiger partial charge in [-0.3, -0.25) is 0 Å². The molecular weight excluding hydrogens is 331 g/mol. The third-order valence-electron chi connectivity index (χ3n) is 3.94. The van der Waals surface area contributed by atoms with Crippen LogP contribution in [-0.4, -0.2) is 55.2 Å². The zero-order chi connectivity index (χ0) is 17.3. The standard InChI is InChI=1S/C16H20ClFN6/c1-11-8-14(22(2)3)21-16(20-11)24-6-4-23(5-7-24)15-13(18)9-12(17)10-19-15/h8-10H,4-7H2,1-3H3. The number of piperazine rings is 1. The molecule has 8 heteroatoms. The molecule has 0 radical (unpaired) electrons. The molecule has 24 heavy (non-hydrogen) atoms. The Hall–Kier alpha value is -2.15. The molecule has 1 saturated heterocycles. The summed E-state index contributed by atoms with van der Waals surface area (Å²) in [6.45, 7) is 4.68. The molecule has 0 N–H and O–H groups in total. The maximum Gasteiger partial charge on any atom is 0.227 e. The van der Waals surface area contributed by atoms with E-state index >= 15 is 0 Å². The number of pyridine rings is 1. The molecule has 6 nitrogen and oxygen atoms in total. The summed E-state index contributed by atoms with van der Waals surface area (Å²) in [7, 11) is 3.91. The SMILES string of the molecule is Cc1cc(N(C)C)nc(N2CCN(c3ncc(Cl)cc3F)CC2)n1. The Morgan fingerprint density at radius 3 is 2.38 bits per heavy atom. The lowest BCUT2D eigenvalue weighted by Gasteiger charge is -2.35. The summed E-state index contributed by atoms with van der Waals surface area (Å²) in [5.74, 6) is 1.55. The number of aromatic nitrogens is 3.